The van der Waals surface area contributed by atoms with E-state index in [0.717, 1.165) is 23.4 Å². The molecule has 1 aromatic carbocycles. The van der Waals surface area contributed by atoms with Gasteiger partial charge in [-0.25, -0.2) is 9.48 Å². The van der Waals surface area contributed by atoms with E-state index in [2.05, 4.69) is 10.4 Å². The molecule has 0 aliphatic heterocycles. The number of hydrogen-bond acceptors (Lipinski definition) is 4. The summed E-state index contributed by atoms with van der Waals surface area (Å²) in [5.74, 6) is 0.801. The van der Waals surface area contributed by atoms with Gasteiger partial charge in [0, 0.05) is 32.0 Å². The monoisotopic (exact) mass is 368 g/mol. The van der Waals surface area contributed by atoms with Crippen LogP contribution < -0.4 is 5.32 Å². The van der Waals surface area contributed by atoms with E-state index in [1.54, 1.807) is 29.1 Å². The third-order valence-electron chi connectivity index (χ3n) is 3.99. The van der Waals surface area contributed by atoms with Crippen LogP contribution in [0.5, 0.6) is 0 Å². The zero-order valence-electron chi connectivity index (χ0n) is 15.4. The van der Waals surface area contributed by atoms with Crippen LogP contribution in [0.1, 0.15) is 17.7 Å². The number of rotatable bonds is 9. The third kappa shape index (κ3) is 5.72. The Balaban J connectivity index is 1.35. The van der Waals surface area contributed by atoms with E-state index in [4.69, 9.17) is 9.15 Å². The van der Waals surface area contributed by atoms with Crippen molar-refractivity contribution in [3.8, 4) is 5.69 Å². The molecule has 7 heteroatoms. The highest BCUT2D eigenvalue weighted by atomic mass is 16.5. The van der Waals surface area contributed by atoms with Gasteiger partial charge in [0.05, 0.1) is 24.7 Å². The molecule has 3 aromatic rings. The molecule has 27 heavy (non-hydrogen) atoms. The van der Waals surface area contributed by atoms with Crippen LogP contribution in [-0.2, 0) is 17.9 Å². The number of ether oxygens (including phenoxy) is 1. The van der Waals surface area contributed by atoms with Crippen molar-refractivity contribution in [3.63, 3.8) is 0 Å². The molecule has 0 bridgehead atoms. The number of para-hydroxylation sites is 1. The maximum atomic E-state index is 12.2. The summed E-state index contributed by atoms with van der Waals surface area (Å²) < 4.78 is 12.5. The lowest BCUT2D eigenvalue weighted by Gasteiger charge is -2.17. The summed E-state index contributed by atoms with van der Waals surface area (Å²) >= 11 is 0. The van der Waals surface area contributed by atoms with Crippen LogP contribution in [0.25, 0.3) is 5.69 Å². The fourth-order valence-corrected chi connectivity index (χ4v) is 2.58. The van der Waals surface area contributed by atoms with Gasteiger partial charge in [-0.1, -0.05) is 18.2 Å². The molecule has 0 fully saturated rings. The zero-order chi connectivity index (χ0) is 18.9. The number of carbonyl (C=O) groups is 1. The van der Waals surface area contributed by atoms with Crippen LogP contribution >= 0.6 is 0 Å². The summed E-state index contributed by atoms with van der Waals surface area (Å²) in [6.45, 7) is 2.07. The Kier molecular flexibility index (Phi) is 6.65. The van der Waals surface area contributed by atoms with Gasteiger partial charge in [0.15, 0.2) is 0 Å². The number of urea groups is 1. The lowest BCUT2D eigenvalue weighted by atomic mass is 10.3. The van der Waals surface area contributed by atoms with Crippen LogP contribution in [0.2, 0.25) is 0 Å². The van der Waals surface area contributed by atoms with Gasteiger partial charge in [0.1, 0.15) is 12.4 Å². The van der Waals surface area contributed by atoms with Gasteiger partial charge in [0.25, 0.3) is 0 Å². The molecular formula is C20H24N4O3. The van der Waals surface area contributed by atoms with Gasteiger partial charge in [-0.15, -0.1) is 0 Å². The van der Waals surface area contributed by atoms with E-state index in [1.165, 1.54) is 0 Å². The van der Waals surface area contributed by atoms with Crippen LogP contribution in [0.15, 0.2) is 65.5 Å². The summed E-state index contributed by atoms with van der Waals surface area (Å²) in [6, 6.07) is 13.5. The van der Waals surface area contributed by atoms with Crippen molar-refractivity contribution in [2.75, 3.05) is 20.2 Å². The van der Waals surface area contributed by atoms with Crippen molar-refractivity contribution in [2.24, 2.45) is 0 Å². The van der Waals surface area contributed by atoms with E-state index in [1.807, 2.05) is 48.7 Å². The lowest BCUT2D eigenvalue weighted by molar-refractivity contribution is 0.104. The first kappa shape index (κ1) is 18.7. The average molecular weight is 368 g/mol. The number of amides is 2. The smallest absolute Gasteiger partial charge is 0.317 e. The summed E-state index contributed by atoms with van der Waals surface area (Å²) in [6.07, 6.45) is 6.07. The van der Waals surface area contributed by atoms with Gasteiger partial charge in [-0.2, -0.15) is 5.10 Å². The second-order valence-electron chi connectivity index (χ2n) is 6.20. The molecule has 0 aliphatic rings. The Morgan fingerprint density at radius 2 is 2.11 bits per heavy atom. The molecule has 0 atom stereocenters. The highest BCUT2D eigenvalue weighted by Crippen LogP contribution is 2.09. The minimum atomic E-state index is -0.117. The van der Waals surface area contributed by atoms with Gasteiger partial charge >= 0.3 is 6.03 Å². The van der Waals surface area contributed by atoms with E-state index < -0.39 is 0 Å². The number of nitrogens with one attached hydrogen (secondary N) is 1. The number of hydrogen-bond donors (Lipinski definition) is 1. The van der Waals surface area contributed by atoms with Crippen LogP contribution in [-0.4, -0.2) is 40.9 Å². The van der Waals surface area contributed by atoms with Gasteiger partial charge in [-0.05, 0) is 30.7 Å². The second kappa shape index (κ2) is 9.59. The molecule has 0 aliphatic carbocycles. The first-order chi connectivity index (χ1) is 13.2. The van der Waals surface area contributed by atoms with Crippen LogP contribution in [0, 0.1) is 0 Å². The number of benzene rings is 1. The number of nitrogens with zero attached hydrogens (tertiary/aromatic N) is 3. The third-order valence-corrected chi connectivity index (χ3v) is 3.99. The van der Waals surface area contributed by atoms with Crippen LogP contribution in [0.4, 0.5) is 4.79 Å². The predicted octanol–water partition coefficient (Wildman–Crippen LogP) is 3.21. The molecule has 2 aromatic heterocycles. The highest BCUT2D eigenvalue weighted by Gasteiger charge is 2.10. The molecular weight excluding hydrogens is 344 g/mol. The molecule has 7 nitrogen and oxygen atoms in total. The largest absolute Gasteiger partial charge is 0.467 e. The maximum Gasteiger partial charge on any atom is 0.317 e. The first-order valence-corrected chi connectivity index (χ1v) is 8.90. The summed E-state index contributed by atoms with van der Waals surface area (Å²) in [5.41, 5.74) is 1.96. The van der Waals surface area contributed by atoms with Crippen LogP contribution in [0.3, 0.4) is 0 Å². The molecule has 0 spiro atoms. The normalized spacial score (nSPS) is 10.7. The van der Waals surface area contributed by atoms with Crippen molar-refractivity contribution >= 4 is 6.03 Å². The highest BCUT2D eigenvalue weighted by molar-refractivity contribution is 5.73. The quantitative estimate of drug-likeness (QED) is 0.589. The summed E-state index contributed by atoms with van der Waals surface area (Å²) in [5, 5.41) is 7.24. The number of aromatic nitrogens is 2. The minimum Gasteiger partial charge on any atom is -0.467 e. The van der Waals surface area contributed by atoms with E-state index >= 15 is 0 Å². The molecule has 0 unspecified atom stereocenters. The number of carbonyl (C=O) groups excluding carboxylic acids is 1. The minimum absolute atomic E-state index is 0.117. The molecule has 142 valence electrons. The first-order valence-electron chi connectivity index (χ1n) is 8.90. The zero-order valence-corrected chi connectivity index (χ0v) is 15.4. The molecule has 0 saturated carbocycles. The molecule has 2 amide bonds. The standard InChI is InChI=1S/C20H24N4O3/c1-23(14-17-13-22-24(15-17)18-7-3-2-4-8-18)20(25)21-10-6-11-26-16-19-9-5-12-27-19/h2-5,7-9,12-13,15H,6,10-11,14,16H2,1H3,(H,21,25). The Morgan fingerprint density at radius 3 is 2.89 bits per heavy atom. The molecule has 0 radical (unpaired) electrons. The SMILES string of the molecule is CN(Cc1cnn(-c2ccccc2)c1)C(=O)NCCCOCc1ccco1. The predicted molar refractivity (Wildman–Crippen MR) is 101 cm³/mol. The summed E-state index contributed by atoms with van der Waals surface area (Å²) in [7, 11) is 1.77. The lowest BCUT2D eigenvalue weighted by Crippen LogP contribution is -2.37. The average Bonchev–Trinajstić information content (AvgIpc) is 3.37. The number of furan rings is 1. The Bertz CT molecular complexity index is 815. The Morgan fingerprint density at radius 1 is 1.26 bits per heavy atom. The van der Waals surface area contributed by atoms with Crippen molar-refractivity contribution in [1.82, 2.24) is 20.0 Å². The Hall–Kier alpha value is -3.06. The molecule has 2 heterocycles. The Labute approximate surface area is 158 Å². The van der Waals surface area contributed by atoms with E-state index in [9.17, 15) is 4.79 Å². The molecule has 1 N–H and O–H groups in total. The second-order valence-corrected chi connectivity index (χ2v) is 6.20. The maximum absolute atomic E-state index is 12.2. The van der Waals surface area contributed by atoms with Gasteiger partial charge < -0.3 is 19.4 Å². The summed E-state index contributed by atoms with van der Waals surface area (Å²) in [4.78, 5) is 13.8. The molecule has 3 rings (SSSR count). The topological polar surface area (TPSA) is 72.5 Å². The van der Waals surface area contributed by atoms with Gasteiger partial charge in [0.2, 0.25) is 0 Å². The molecule has 0 saturated heterocycles. The van der Waals surface area contributed by atoms with Crippen molar-refractivity contribution in [2.45, 2.75) is 19.6 Å². The van der Waals surface area contributed by atoms with E-state index in [0.29, 0.717) is 26.3 Å². The van der Waals surface area contributed by atoms with Crippen molar-refractivity contribution < 1.29 is 13.9 Å². The van der Waals surface area contributed by atoms with E-state index in [-0.39, 0.29) is 6.03 Å². The van der Waals surface area contributed by atoms with Crippen molar-refractivity contribution in [3.05, 3.63) is 72.4 Å². The van der Waals surface area contributed by atoms with Crippen molar-refractivity contribution in [1.29, 1.82) is 0 Å². The fourth-order valence-electron chi connectivity index (χ4n) is 2.58. The van der Waals surface area contributed by atoms with Gasteiger partial charge in [-0.3, -0.25) is 0 Å². The fraction of sp³-hybridized carbons (Fsp3) is 0.300.